The molecule has 0 aliphatic rings. The van der Waals surface area contributed by atoms with Gasteiger partial charge in [0, 0.05) is 14.1 Å². The minimum Gasteiger partial charge on any atom is -0.464 e. The molecule has 1 aromatic rings. The molecule has 1 heterocycles. The monoisotopic (exact) mass is 282 g/mol. The highest BCUT2D eigenvalue weighted by Gasteiger charge is 2.17. The van der Waals surface area contributed by atoms with E-state index in [1.807, 2.05) is 11.8 Å². The second-order valence-electron chi connectivity index (χ2n) is 4.75. The molecule has 0 saturated heterocycles. The maximum Gasteiger partial charge on any atom is 0.268 e. The van der Waals surface area contributed by atoms with Crippen LogP contribution in [-0.4, -0.2) is 48.8 Å². The highest BCUT2D eigenvalue weighted by Crippen LogP contribution is 2.16. The molecule has 1 rings (SSSR count). The maximum absolute atomic E-state index is 11.7. The summed E-state index contributed by atoms with van der Waals surface area (Å²) < 4.78 is 5.53. The molecule has 0 spiro atoms. The second-order valence-corrected chi connectivity index (χ2v) is 4.75. The van der Waals surface area contributed by atoms with Gasteiger partial charge in [0.1, 0.15) is 11.5 Å². The van der Waals surface area contributed by atoms with Crippen LogP contribution in [0, 0.1) is 6.92 Å². The van der Waals surface area contributed by atoms with Gasteiger partial charge in [-0.1, -0.05) is 6.92 Å². The van der Waals surface area contributed by atoms with Crippen molar-refractivity contribution < 1.29 is 14.0 Å². The summed E-state index contributed by atoms with van der Waals surface area (Å²) in [5, 5.41) is 0. The minimum atomic E-state index is -0.384. The zero-order chi connectivity index (χ0) is 15.3. The molecule has 0 atom stereocenters. The normalized spacial score (nSPS) is 10.7. The van der Waals surface area contributed by atoms with Crippen LogP contribution in [0.4, 0.5) is 0 Å². The first-order chi connectivity index (χ1) is 9.38. The third-order valence-electron chi connectivity index (χ3n) is 3.03. The molecule has 1 aromatic heterocycles. The summed E-state index contributed by atoms with van der Waals surface area (Å²) in [6.07, 6.45) is 0. The van der Waals surface area contributed by atoms with Crippen molar-refractivity contribution in [1.82, 2.24) is 15.2 Å². The van der Waals surface area contributed by atoms with Crippen molar-refractivity contribution in [2.75, 3.05) is 27.2 Å². The molecule has 0 unspecified atom stereocenters. The average Bonchev–Trinajstić information content (AvgIpc) is 2.77. The summed E-state index contributed by atoms with van der Waals surface area (Å²) in [6, 6.07) is 1.65. The molecule has 2 amide bonds. The van der Waals surface area contributed by atoms with Crippen molar-refractivity contribution >= 4 is 11.8 Å². The van der Waals surface area contributed by atoms with E-state index < -0.39 is 0 Å². The van der Waals surface area contributed by atoms with Gasteiger partial charge in [-0.05, 0) is 19.5 Å². The summed E-state index contributed by atoms with van der Waals surface area (Å²) in [5.41, 5.74) is 2.49. The van der Waals surface area contributed by atoms with Gasteiger partial charge in [-0.3, -0.25) is 19.9 Å². The smallest absolute Gasteiger partial charge is 0.268 e. The van der Waals surface area contributed by atoms with E-state index in [1.165, 1.54) is 0 Å². The number of hydrogen-bond donors (Lipinski definition) is 2. The van der Waals surface area contributed by atoms with E-state index in [9.17, 15) is 9.59 Å². The zero-order valence-corrected chi connectivity index (χ0v) is 12.4. The number of likely N-dealkylation sites (N-methyl/N-ethyl adjacent to an activating group) is 2. The average molecular weight is 282 g/mol. The third-order valence-corrected chi connectivity index (χ3v) is 3.03. The first-order valence-electron chi connectivity index (χ1n) is 6.41. The van der Waals surface area contributed by atoms with E-state index in [0.29, 0.717) is 36.7 Å². The first kappa shape index (κ1) is 16.2. The molecule has 20 heavy (non-hydrogen) atoms. The van der Waals surface area contributed by atoms with Gasteiger partial charge in [-0.25, -0.2) is 5.84 Å². The van der Waals surface area contributed by atoms with Gasteiger partial charge in [0.15, 0.2) is 0 Å². The van der Waals surface area contributed by atoms with Crippen LogP contribution in [-0.2, 0) is 11.3 Å². The quantitative estimate of drug-likeness (QED) is 0.439. The van der Waals surface area contributed by atoms with Crippen molar-refractivity contribution in [3.05, 3.63) is 23.2 Å². The summed E-state index contributed by atoms with van der Waals surface area (Å²) in [5.74, 6) is 5.89. The van der Waals surface area contributed by atoms with Gasteiger partial charge in [0.2, 0.25) is 5.91 Å². The molecule has 0 aliphatic carbocycles. The molecular formula is C13H22N4O3. The van der Waals surface area contributed by atoms with Crippen LogP contribution in [0.25, 0.3) is 0 Å². The fraction of sp³-hybridized carbons (Fsp3) is 0.538. The number of hydrazine groups is 1. The fourth-order valence-electron chi connectivity index (χ4n) is 1.76. The Balaban J connectivity index is 2.76. The van der Waals surface area contributed by atoms with Gasteiger partial charge in [-0.2, -0.15) is 0 Å². The van der Waals surface area contributed by atoms with Crippen LogP contribution >= 0.6 is 0 Å². The Bertz CT molecular complexity index is 482. The van der Waals surface area contributed by atoms with Gasteiger partial charge in [0.25, 0.3) is 5.91 Å². The van der Waals surface area contributed by atoms with E-state index >= 15 is 0 Å². The van der Waals surface area contributed by atoms with E-state index in [0.717, 1.165) is 0 Å². The molecule has 0 saturated carbocycles. The molecule has 3 N–H and O–H groups in total. The molecule has 0 fully saturated rings. The molecule has 0 aliphatic heterocycles. The van der Waals surface area contributed by atoms with Crippen LogP contribution in [0.5, 0.6) is 0 Å². The number of nitrogen functional groups attached to an aromatic ring is 1. The number of rotatable bonds is 6. The van der Waals surface area contributed by atoms with Crippen LogP contribution in [0.3, 0.4) is 0 Å². The van der Waals surface area contributed by atoms with E-state index in [2.05, 4.69) is 5.43 Å². The van der Waals surface area contributed by atoms with Gasteiger partial charge in [-0.15, -0.1) is 0 Å². The van der Waals surface area contributed by atoms with Crippen molar-refractivity contribution in [3.8, 4) is 0 Å². The Morgan fingerprint density at radius 2 is 2.05 bits per heavy atom. The zero-order valence-electron chi connectivity index (χ0n) is 12.4. The van der Waals surface area contributed by atoms with Crippen LogP contribution in [0.1, 0.15) is 28.8 Å². The van der Waals surface area contributed by atoms with Crippen LogP contribution in [0.15, 0.2) is 10.5 Å². The number of carbonyl (C=O) groups excluding carboxylic acids is 2. The Labute approximate surface area is 118 Å². The van der Waals surface area contributed by atoms with Crippen molar-refractivity contribution in [1.29, 1.82) is 0 Å². The molecule has 0 bridgehead atoms. The summed E-state index contributed by atoms with van der Waals surface area (Å²) in [7, 11) is 3.44. The molecular weight excluding hydrogens is 260 g/mol. The number of aryl methyl sites for hydroxylation is 1. The molecule has 112 valence electrons. The number of nitrogens with one attached hydrogen (secondary N) is 1. The van der Waals surface area contributed by atoms with Gasteiger partial charge >= 0.3 is 0 Å². The van der Waals surface area contributed by atoms with Gasteiger partial charge in [0.05, 0.1) is 18.7 Å². The molecule has 7 nitrogen and oxygen atoms in total. The predicted molar refractivity (Wildman–Crippen MR) is 74.7 cm³/mol. The highest BCUT2D eigenvalue weighted by molar-refractivity contribution is 5.94. The number of nitrogens with two attached hydrogens (primary N) is 1. The van der Waals surface area contributed by atoms with Crippen molar-refractivity contribution in [2.45, 2.75) is 20.4 Å². The predicted octanol–water partition coefficient (Wildman–Crippen LogP) is 0.102. The van der Waals surface area contributed by atoms with Gasteiger partial charge < -0.3 is 9.32 Å². The minimum absolute atomic E-state index is 0.0232. The lowest BCUT2D eigenvalue weighted by atomic mass is 10.2. The Morgan fingerprint density at radius 1 is 1.40 bits per heavy atom. The first-order valence-corrected chi connectivity index (χ1v) is 6.41. The largest absolute Gasteiger partial charge is 0.464 e. The Morgan fingerprint density at radius 3 is 2.55 bits per heavy atom. The lowest BCUT2D eigenvalue weighted by Gasteiger charge is -2.20. The number of amides is 2. The Kier molecular flexibility index (Phi) is 5.72. The molecule has 7 heteroatoms. The molecule has 0 radical (unpaired) electrons. The maximum atomic E-state index is 11.7. The van der Waals surface area contributed by atoms with Crippen molar-refractivity contribution in [3.63, 3.8) is 0 Å². The lowest BCUT2D eigenvalue weighted by Crippen LogP contribution is -2.36. The SMILES string of the molecule is CCN(CC(=O)N(C)C)Cc1cc(C(=O)NN)c(C)o1. The number of nitrogens with zero attached hydrogens (tertiary/aromatic N) is 2. The second kappa shape index (κ2) is 7.06. The number of carbonyl (C=O) groups is 2. The van der Waals surface area contributed by atoms with Crippen LogP contribution in [0.2, 0.25) is 0 Å². The number of hydrogen-bond acceptors (Lipinski definition) is 5. The Hall–Kier alpha value is -1.86. The fourth-order valence-corrected chi connectivity index (χ4v) is 1.76. The lowest BCUT2D eigenvalue weighted by molar-refractivity contribution is -0.130. The van der Waals surface area contributed by atoms with E-state index in [4.69, 9.17) is 10.3 Å². The standard InChI is InChI=1S/C13H22N4O3/c1-5-17(8-12(18)16(3)4)7-10-6-11(9(2)20-10)13(19)15-14/h6H,5,7-8,14H2,1-4H3,(H,15,19). The van der Waals surface area contributed by atoms with E-state index in [1.54, 1.807) is 32.0 Å². The summed E-state index contributed by atoms with van der Waals surface area (Å²) in [4.78, 5) is 26.7. The summed E-state index contributed by atoms with van der Waals surface area (Å²) >= 11 is 0. The number of furan rings is 1. The molecule has 0 aromatic carbocycles. The van der Waals surface area contributed by atoms with E-state index in [-0.39, 0.29) is 11.8 Å². The van der Waals surface area contributed by atoms with Crippen molar-refractivity contribution in [2.24, 2.45) is 5.84 Å². The topological polar surface area (TPSA) is 91.8 Å². The van der Waals surface area contributed by atoms with Crippen LogP contribution < -0.4 is 11.3 Å². The third kappa shape index (κ3) is 4.07. The highest BCUT2D eigenvalue weighted by atomic mass is 16.3. The summed E-state index contributed by atoms with van der Waals surface area (Å²) in [6.45, 7) is 5.15.